The average molecular weight is 261 g/mol. The molecule has 0 saturated carbocycles. The van der Waals surface area contributed by atoms with E-state index >= 15 is 0 Å². The molecule has 6 heteroatoms. The Bertz CT molecular complexity index is 406. The van der Waals surface area contributed by atoms with Gasteiger partial charge in [0.25, 0.3) is 0 Å². The minimum absolute atomic E-state index is 0.296. The molecule has 1 atom stereocenters. The maximum absolute atomic E-state index is 12.3. The summed E-state index contributed by atoms with van der Waals surface area (Å²) in [6.45, 7) is -0.373. The first kappa shape index (κ1) is 14.5. The molecule has 0 aliphatic carbocycles. The first-order chi connectivity index (χ1) is 8.32. The smallest absolute Gasteiger partial charge is 0.389 e. The second kappa shape index (κ2) is 5.39. The Morgan fingerprint density at radius 3 is 2.11 bits per heavy atom. The van der Waals surface area contributed by atoms with Crippen LogP contribution in [0.2, 0.25) is 0 Å². The monoisotopic (exact) mass is 261 g/mol. The highest BCUT2D eigenvalue weighted by Gasteiger charge is 2.42. The van der Waals surface area contributed by atoms with Crippen LogP contribution in [0.3, 0.4) is 0 Å². The van der Waals surface area contributed by atoms with Gasteiger partial charge in [-0.2, -0.15) is 13.2 Å². The number of aliphatic carboxylic acids is 1. The summed E-state index contributed by atoms with van der Waals surface area (Å²) in [5.74, 6) is -1.33. The van der Waals surface area contributed by atoms with Crippen molar-refractivity contribution in [1.29, 1.82) is 0 Å². The van der Waals surface area contributed by atoms with E-state index in [1.165, 1.54) is 12.1 Å². The van der Waals surface area contributed by atoms with Crippen molar-refractivity contribution in [2.45, 2.75) is 24.4 Å². The Kier molecular flexibility index (Phi) is 4.34. The largest absolute Gasteiger partial charge is 0.481 e. The van der Waals surface area contributed by atoms with Crippen LogP contribution in [0.5, 0.6) is 0 Å². The molecule has 0 amide bonds. The van der Waals surface area contributed by atoms with Gasteiger partial charge in [-0.15, -0.1) is 0 Å². The van der Waals surface area contributed by atoms with Crippen LogP contribution >= 0.6 is 0 Å². The quantitative estimate of drug-likeness (QED) is 0.854. The lowest BCUT2D eigenvalue weighted by Gasteiger charge is -2.28. The van der Waals surface area contributed by atoms with Gasteiger partial charge in [-0.1, -0.05) is 30.3 Å². The van der Waals surface area contributed by atoms with Crippen LogP contribution in [0.4, 0.5) is 13.2 Å². The van der Waals surface area contributed by atoms with Gasteiger partial charge >= 0.3 is 12.1 Å². The zero-order valence-electron chi connectivity index (χ0n) is 9.57. The number of benzene rings is 1. The van der Waals surface area contributed by atoms with E-state index in [4.69, 9.17) is 5.73 Å². The van der Waals surface area contributed by atoms with Gasteiger partial charge in [0.15, 0.2) is 0 Å². The van der Waals surface area contributed by atoms with Crippen molar-refractivity contribution in [3.05, 3.63) is 35.9 Å². The summed E-state index contributed by atoms with van der Waals surface area (Å²) in [6, 6.07) is 7.79. The Morgan fingerprint density at radius 1 is 1.17 bits per heavy atom. The van der Waals surface area contributed by atoms with Gasteiger partial charge < -0.3 is 10.8 Å². The molecule has 0 saturated heterocycles. The van der Waals surface area contributed by atoms with Crippen molar-refractivity contribution in [3.63, 3.8) is 0 Å². The van der Waals surface area contributed by atoms with Crippen LogP contribution in [0, 0.1) is 0 Å². The van der Waals surface area contributed by atoms with Gasteiger partial charge in [-0.25, -0.2) is 0 Å². The van der Waals surface area contributed by atoms with Crippen molar-refractivity contribution >= 4 is 5.97 Å². The van der Waals surface area contributed by atoms with Gasteiger partial charge in [0.05, 0.1) is 0 Å². The molecule has 0 radical (unpaired) electrons. The molecule has 0 aliphatic rings. The third-order valence-corrected chi connectivity index (χ3v) is 2.92. The molecule has 100 valence electrons. The number of rotatable bonds is 5. The van der Waals surface area contributed by atoms with E-state index in [0.717, 1.165) is 0 Å². The summed E-state index contributed by atoms with van der Waals surface area (Å²) in [4.78, 5) is 11.3. The van der Waals surface area contributed by atoms with Crippen molar-refractivity contribution in [2.75, 3.05) is 6.54 Å². The van der Waals surface area contributed by atoms with Gasteiger partial charge in [0, 0.05) is 13.0 Å². The highest BCUT2D eigenvalue weighted by atomic mass is 19.4. The SMILES string of the molecule is NCC(CCC(F)(F)F)(C(=O)O)c1ccccc1. The molecule has 18 heavy (non-hydrogen) atoms. The molecule has 3 N–H and O–H groups in total. The van der Waals surface area contributed by atoms with Crippen molar-refractivity contribution in [3.8, 4) is 0 Å². The molecule has 1 rings (SSSR count). The molecule has 0 aromatic heterocycles. The van der Waals surface area contributed by atoms with E-state index in [1.54, 1.807) is 18.2 Å². The molecule has 0 heterocycles. The number of carboxylic acid groups (broad SMARTS) is 1. The standard InChI is InChI=1S/C12H14F3NO2/c13-12(14,15)7-6-11(8-16,10(17)18)9-4-2-1-3-5-9/h1-5H,6-8,16H2,(H,17,18). The second-order valence-electron chi connectivity index (χ2n) is 4.07. The van der Waals surface area contributed by atoms with Crippen LogP contribution in [0.25, 0.3) is 0 Å². The van der Waals surface area contributed by atoms with Crippen LogP contribution in [-0.4, -0.2) is 23.8 Å². The summed E-state index contributed by atoms with van der Waals surface area (Å²) in [6.07, 6.45) is -6.14. The minimum Gasteiger partial charge on any atom is -0.481 e. The number of halogens is 3. The Morgan fingerprint density at radius 2 is 1.72 bits per heavy atom. The maximum atomic E-state index is 12.3. The van der Waals surface area contributed by atoms with E-state index in [2.05, 4.69) is 0 Å². The fraction of sp³-hybridized carbons (Fsp3) is 0.417. The minimum atomic E-state index is -4.40. The first-order valence-corrected chi connectivity index (χ1v) is 5.37. The summed E-state index contributed by atoms with van der Waals surface area (Å²) in [5, 5.41) is 9.23. The maximum Gasteiger partial charge on any atom is 0.389 e. The van der Waals surface area contributed by atoms with E-state index in [-0.39, 0.29) is 6.54 Å². The van der Waals surface area contributed by atoms with Gasteiger partial charge in [0.1, 0.15) is 5.41 Å². The number of nitrogens with two attached hydrogens (primary N) is 1. The number of carboxylic acids is 1. The Hall–Kier alpha value is -1.56. The molecule has 1 aromatic carbocycles. The Balaban J connectivity index is 3.07. The van der Waals surface area contributed by atoms with Gasteiger partial charge in [-0.05, 0) is 12.0 Å². The van der Waals surface area contributed by atoms with Crippen LogP contribution in [-0.2, 0) is 10.2 Å². The topological polar surface area (TPSA) is 63.3 Å². The van der Waals surface area contributed by atoms with Crippen LogP contribution in [0.1, 0.15) is 18.4 Å². The molecule has 1 unspecified atom stereocenters. The van der Waals surface area contributed by atoms with Crippen LogP contribution < -0.4 is 5.73 Å². The van der Waals surface area contributed by atoms with Gasteiger partial charge in [0.2, 0.25) is 0 Å². The third kappa shape index (κ3) is 3.22. The van der Waals surface area contributed by atoms with Crippen molar-refractivity contribution in [1.82, 2.24) is 0 Å². The van der Waals surface area contributed by atoms with E-state index in [1.807, 2.05) is 0 Å². The first-order valence-electron chi connectivity index (χ1n) is 5.37. The van der Waals surface area contributed by atoms with Crippen molar-refractivity contribution < 1.29 is 23.1 Å². The number of carbonyl (C=O) groups is 1. The van der Waals surface area contributed by atoms with E-state index in [9.17, 15) is 23.1 Å². The molecule has 0 bridgehead atoms. The normalized spacial score (nSPS) is 15.1. The van der Waals surface area contributed by atoms with Crippen molar-refractivity contribution in [2.24, 2.45) is 5.73 Å². The van der Waals surface area contributed by atoms with E-state index in [0.29, 0.717) is 5.56 Å². The zero-order chi connectivity index (χ0) is 13.8. The summed E-state index contributed by atoms with van der Waals surface area (Å²) in [5.41, 5.74) is 4.03. The molecule has 0 fully saturated rings. The second-order valence-corrected chi connectivity index (χ2v) is 4.07. The highest BCUT2D eigenvalue weighted by molar-refractivity contribution is 5.81. The lowest BCUT2D eigenvalue weighted by molar-refractivity contribution is -0.151. The zero-order valence-corrected chi connectivity index (χ0v) is 9.57. The molecule has 0 spiro atoms. The average Bonchev–Trinajstić information content (AvgIpc) is 2.30. The lowest BCUT2D eigenvalue weighted by atomic mass is 9.76. The van der Waals surface area contributed by atoms with Crippen LogP contribution in [0.15, 0.2) is 30.3 Å². The molecule has 3 nitrogen and oxygen atoms in total. The molecule has 0 aliphatic heterocycles. The predicted octanol–water partition coefficient (Wildman–Crippen LogP) is 2.31. The fourth-order valence-corrected chi connectivity index (χ4v) is 1.79. The van der Waals surface area contributed by atoms with Gasteiger partial charge in [-0.3, -0.25) is 4.79 Å². The lowest BCUT2D eigenvalue weighted by Crippen LogP contribution is -2.43. The summed E-state index contributed by atoms with van der Waals surface area (Å²) < 4.78 is 36.8. The number of alkyl halides is 3. The summed E-state index contributed by atoms with van der Waals surface area (Å²) >= 11 is 0. The summed E-state index contributed by atoms with van der Waals surface area (Å²) in [7, 11) is 0. The number of hydrogen-bond acceptors (Lipinski definition) is 2. The molecular formula is C12H14F3NO2. The number of hydrogen-bond donors (Lipinski definition) is 2. The Labute approximate surface area is 102 Å². The predicted molar refractivity (Wildman–Crippen MR) is 60.1 cm³/mol. The molecular weight excluding hydrogens is 247 g/mol. The highest BCUT2D eigenvalue weighted by Crippen LogP contribution is 2.33. The van der Waals surface area contributed by atoms with E-state index < -0.39 is 30.4 Å². The third-order valence-electron chi connectivity index (χ3n) is 2.92. The fourth-order valence-electron chi connectivity index (χ4n) is 1.79. The molecule has 1 aromatic rings.